The van der Waals surface area contributed by atoms with Crippen LogP contribution in [-0.4, -0.2) is 0 Å². The lowest BCUT2D eigenvalue weighted by Crippen LogP contribution is -2.23. The molecule has 10 aliphatic carbocycles. The van der Waals surface area contributed by atoms with Gasteiger partial charge in [-0.3, -0.25) is 23.5 Å². The van der Waals surface area contributed by atoms with Gasteiger partial charge in [0.05, 0.1) is 0 Å². The van der Waals surface area contributed by atoms with Crippen molar-refractivity contribution in [1.29, 1.82) is 0 Å². The van der Waals surface area contributed by atoms with E-state index in [1.807, 2.05) is 0 Å². The Morgan fingerprint density at radius 1 is 0.164 bits per heavy atom. The zero-order valence-electron chi connectivity index (χ0n) is 89.2. The third-order valence-corrected chi connectivity index (χ3v) is 37.4. The summed E-state index contributed by atoms with van der Waals surface area (Å²) in [4.78, 5) is 4.75. The highest BCUT2D eigenvalue weighted by Gasteiger charge is 2.35. The van der Waals surface area contributed by atoms with Crippen molar-refractivity contribution in [1.82, 2.24) is 0 Å². The van der Waals surface area contributed by atoms with Crippen molar-refractivity contribution in [2.75, 3.05) is 0 Å². The Hall–Kier alpha value is -4.45. The van der Waals surface area contributed by atoms with Gasteiger partial charge in [0.2, 0.25) is 0 Å². The third kappa shape index (κ3) is 46.1. The fourth-order valence-corrected chi connectivity index (χ4v) is 27.6. The lowest BCUT2D eigenvalue weighted by molar-refractivity contribution is 0.187. The molecule has 0 heterocycles. The highest BCUT2D eigenvalue weighted by atomic mass is 32.1. The summed E-state index contributed by atoms with van der Waals surface area (Å²) >= 11 is 26.1. The second kappa shape index (κ2) is 73.6. The molecule has 0 bridgehead atoms. The van der Waals surface area contributed by atoms with Crippen molar-refractivity contribution < 1.29 is 23.5 Å². The average molecular weight is 2020 g/mol. The van der Waals surface area contributed by atoms with Crippen LogP contribution >= 0.6 is 63.1 Å². The van der Waals surface area contributed by atoms with Crippen LogP contribution in [0.3, 0.4) is 0 Å². The molecule has 0 aromatic heterocycles. The van der Waals surface area contributed by atoms with E-state index < -0.39 is 0 Å². The molecule has 5 saturated carbocycles. The summed E-state index contributed by atoms with van der Waals surface area (Å²) in [5, 5.41) is 0. The lowest BCUT2D eigenvalue weighted by atomic mass is 9.70. The minimum absolute atomic E-state index is 0. The second-order valence-electron chi connectivity index (χ2n) is 45.6. The van der Waals surface area contributed by atoms with E-state index in [-0.39, 0.29) is 23.5 Å². The fourth-order valence-electron chi connectivity index (χ4n) is 26.9. The smallest absolute Gasteiger partial charge is 0.0377 e. The van der Waals surface area contributed by atoms with Gasteiger partial charge in [-0.15, -0.1) is 0 Å². The predicted octanol–water partition coefficient (Wildman–Crippen LogP) is 45.7. The van der Waals surface area contributed by atoms with Gasteiger partial charge in [-0.25, -0.2) is 0 Å². The number of hydrogen-bond acceptors (Lipinski definition) is 0. The molecule has 0 nitrogen and oxygen atoms in total. The predicted molar refractivity (Wildman–Crippen MR) is 618 cm³/mol. The van der Waals surface area contributed by atoms with Gasteiger partial charge in [-0.05, 0) is 366 Å². The van der Waals surface area contributed by atoms with Gasteiger partial charge in [0.1, 0.15) is 0 Å². The highest BCUT2D eigenvalue weighted by Crippen LogP contribution is 2.49. The van der Waals surface area contributed by atoms with Gasteiger partial charge < -0.3 is 0 Å². The molecule has 5 atom stereocenters. The number of halogens is 5. The van der Waals surface area contributed by atoms with Gasteiger partial charge in [-0.1, -0.05) is 478 Å². The molecule has 10 heteroatoms. The minimum Gasteiger partial charge on any atom is -0.269 e. The van der Waals surface area contributed by atoms with Crippen LogP contribution < -0.4 is 0 Å². The van der Waals surface area contributed by atoms with Gasteiger partial charge in [0, 0.05) is 24.5 Å². The van der Waals surface area contributed by atoms with Crippen LogP contribution in [0.5, 0.6) is 0 Å². The summed E-state index contributed by atoms with van der Waals surface area (Å²) in [6, 6.07) is 42.8. The zero-order valence-corrected chi connectivity index (χ0v) is 93.3. The van der Waals surface area contributed by atoms with Crippen molar-refractivity contribution in [2.45, 2.75) is 509 Å². The molecule has 0 amide bonds. The topological polar surface area (TPSA) is 0 Å². The Kier molecular flexibility index (Phi) is 65.3. The van der Waals surface area contributed by atoms with Crippen molar-refractivity contribution >= 4 is 91.0 Å². The number of benzene rings is 5. The van der Waals surface area contributed by atoms with E-state index in [1.165, 1.54) is 477 Å². The zero-order chi connectivity index (χ0) is 94.5. The van der Waals surface area contributed by atoms with Crippen molar-refractivity contribution in [2.24, 2.45) is 88.8 Å². The van der Waals surface area contributed by atoms with Crippen LogP contribution in [0.15, 0.2) is 176 Å². The van der Waals surface area contributed by atoms with Crippen molar-refractivity contribution in [3.8, 4) is 0 Å². The molecule has 0 spiro atoms. The maximum absolute atomic E-state index is 5.22. The summed E-state index contributed by atoms with van der Waals surface area (Å²) in [6.07, 6.45) is 113. The van der Waals surface area contributed by atoms with Crippen LogP contribution in [0.1, 0.15) is 512 Å². The molecule has 5 aromatic carbocycles. The standard InChI is InChI=1S/5C26H39S.5FH/c5*1-2-3-4-5-6-7-8-21-9-11-22(12-10-21)23-13-15-24(16-14-23)25-17-19-26(27)20-18-25;;;;;/h5*15,17-23H,2-14,16H2,1H3;5*1H/t5*21-,22-,23?;;;;;. The highest BCUT2D eigenvalue weighted by molar-refractivity contribution is 7.81. The van der Waals surface area contributed by atoms with Gasteiger partial charge in [0.15, 0.2) is 0 Å². The molecular weight excluding hydrogens is 1820 g/mol. The molecule has 140 heavy (non-hydrogen) atoms. The fraction of sp³-hybridized carbons (Fsp3) is 0.692. The van der Waals surface area contributed by atoms with E-state index in [2.05, 4.69) is 186 Å². The normalized spacial score (nSPS) is 25.0. The summed E-state index contributed by atoms with van der Waals surface area (Å²) in [5.74, 6) is 14.9. The number of rotatable bonds is 45. The number of hydrogen-bond donors (Lipinski definition) is 0. The van der Waals surface area contributed by atoms with Crippen LogP contribution in [0.25, 0.3) is 27.9 Å². The van der Waals surface area contributed by atoms with E-state index >= 15 is 0 Å². The summed E-state index contributed by atoms with van der Waals surface area (Å²) in [5.41, 5.74) is 14.7. The number of unbranched alkanes of at least 4 members (excludes halogenated alkanes) is 25. The molecule has 10 aliphatic rings. The van der Waals surface area contributed by atoms with Crippen LogP contribution in [0, 0.1) is 88.8 Å². The Morgan fingerprint density at radius 3 is 0.429 bits per heavy atom. The van der Waals surface area contributed by atoms with Crippen LogP contribution in [-0.2, 0) is 0 Å². The van der Waals surface area contributed by atoms with E-state index in [0.29, 0.717) is 0 Å². The molecular formula is C130H200F5S5. The first kappa shape index (κ1) is 124. The van der Waals surface area contributed by atoms with E-state index in [0.717, 1.165) is 113 Å². The molecule has 0 N–H and O–H groups in total. The summed E-state index contributed by atoms with van der Waals surface area (Å²) in [6.45, 7) is 11.5. The molecule has 15 rings (SSSR count). The van der Waals surface area contributed by atoms with Gasteiger partial charge in [-0.2, -0.15) is 0 Å². The molecule has 5 aromatic rings. The first-order chi connectivity index (χ1) is 66.3. The summed E-state index contributed by atoms with van der Waals surface area (Å²) in [7, 11) is 0. The maximum atomic E-state index is 5.22. The lowest BCUT2D eigenvalue weighted by Gasteiger charge is -2.35. The van der Waals surface area contributed by atoms with E-state index in [4.69, 9.17) is 63.1 Å². The first-order valence-electron chi connectivity index (χ1n) is 58.6. The van der Waals surface area contributed by atoms with Gasteiger partial charge in [0.25, 0.3) is 0 Å². The first-order valence-corrected chi connectivity index (χ1v) is 60.7. The Morgan fingerprint density at radius 2 is 0.300 bits per heavy atom. The third-order valence-electron chi connectivity index (χ3n) is 36.0. The molecule has 785 valence electrons. The van der Waals surface area contributed by atoms with E-state index in [9.17, 15) is 0 Å². The maximum Gasteiger partial charge on any atom is 0.0377 e. The second-order valence-corrected chi connectivity index (χ2v) is 48.0. The molecule has 0 saturated heterocycles. The van der Waals surface area contributed by atoms with Crippen LogP contribution in [0.2, 0.25) is 0 Å². The molecule has 5 radical (unpaired) electrons. The quantitative estimate of drug-likeness (QED) is 0.0269. The Bertz CT molecular complexity index is 3460. The van der Waals surface area contributed by atoms with Crippen molar-refractivity contribution in [3.63, 3.8) is 0 Å². The van der Waals surface area contributed by atoms with Gasteiger partial charge >= 0.3 is 0 Å². The molecule has 5 fully saturated rings. The SMILES string of the molecule is CCCCCCCC[C@H]1CC[C@H](C2CC=C(c3ccc([S])cc3)CC2)CC1.CCCCCCCC[C@H]1CC[C@H](C2CC=C(c3ccc([S])cc3)CC2)CC1.CCCCCCCC[C@H]1CC[C@H](C2CC=C(c3ccc([S])cc3)CC2)CC1.CCCCCCCC[C@H]1CC[C@H](C2CC=C(c3ccc([S])cc3)CC2)CC1.CCCCCCCC[C@H]1CC[C@H](C2CC=C(c3ccc([S])cc3)CC2)CC1.F.F.F.F.F. The monoisotopic (exact) mass is 2020 g/mol. The number of allylic oxidation sites excluding steroid dienone is 10. The van der Waals surface area contributed by atoms with E-state index in [1.54, 1.807) is 27.9 Å². The van der Waals surface area contributed by atoms with Crippen LogP contribution in [0.4, 0.5) is 23.5 Å². The van der Waals surface area contributed by atoms with Crippen molar-refractivity contribution in [3.05, 3.63) is 180 Å². The Labute approximate surface area is 884 Å². The summed E-state index contributed by atoms with van der Waals surface area (Å²) < 4.78 is 0. The average Bonchev–Trinajstić information content (AvgIpc) is 0.849. The molecule has 0 aliphatic heterocycles. The molecule has 5 unspecified atom stereocenters. The minimum atomic E-state index is 0. The largest absolute Gasteiger partial charge is 0.269 e. The Balaban J connectivity index is 0.000000266.